The fourth-order valence-electron chi connectivity index (χ4n) is 1.01. The molecule has 0 spiro atoms. The van der Waals surface area contributed by atoms with Crippen LogP contribution in [-0.2, 0) is 0 Å². The van der Waals surface area contributed by atoms with E-state index in [0.29, 0.717) is 10.5 Å². The van der Waals surface area contributed by atoms with E-state index in [-0.39, 0.29) is 5.75 Å². The lowest BCUT2D eigenvalue weighted by Gasteiger charge is -2.04. The second kappa shape index (κ2) is 4.35. The minimum absolute atomic E-state index is 0.156. The van der Waals surface area contributed by atoms with Gasteiger partial charge in [0.1, 0.15) is 0 Å². The highest BCUT2D eigenvalue weighted by Gasteiger charge is 2.03. The first-order valence-electron chi connectivity index (χ1n) is 4.15. The molecule has 76 valence electrons. The summed E-state index contributed by atoms with van der Waals surface area (Å²) in [7, 11) is 0. The second-order valence-electron chi connectivity index (χ2n) is 2.72. The smallest absolute Gasteiger partial charge is 0.196 e. The van der Waals surface area contributed by atoms with Crippen LogP contribution >= 0.6 is 15.9 Å². The molecule has 0 saturated heterocycles. The van der Waals surface area contributed by atoms with Crippen molar-refractivity contribution in [2.45, 2.75) is 0 Å². The van der Waals surface area contributed by atoms with Gasteiger partial charge in [0, 0.05) is 0 Å². The fraction of sp³-hybridized carbons (Fsp3) is 0. The lowest BCUT2D eigenvalue weighted by molar-refractivity contribution is 0.438. The van der Waals surface area contributed by atoms with Crippen molar-refractivity contribution in [3.8, 4) is 11.5 Å². The monoisotopic (exact) mass is 268 g/mol. The molecule has 0 aliphatic rings. The van der Waals surface area contributed by atoms with Crippen LogP contribution in [0.4, 0.5) is 4.39 Å². The van der Waals surface area contributed by atoms with Gasteiger partial charge in [-0.15, -0.1) is 0 Å². The molecule has 2 rings (SSSR count). The molecule has 3 nitrogen and oxygen atoms in total. The van der Waals surface area contributed by atoms with Gasteiger partial charge in [0.05, 0.1) is 12.4 Å². The number of aromatic nitrogens is 2. The highest BCUT2D eigenvalue weighted by atomic mass is 79.9. The molecule has 0 radical (unpaired) electrons. The topological polar surface area (TPSA) is 35.0 Å². The minimum atomic E-state index is -0.416. The molecule has 15 heavy (non-hydrogen) atoms. The Morgan fingerprint density at radius 3 is 2.47 bits per heavy atom. The third-order valence-corrected chi connectivity index (χ3v) is 2.07. The summed E-state index contributed by atoms with van der Waals surface area (Å²) in [5.41, 5.74) is 0. The van der Waals surface area contributed by atoms with Gasteiger partial charge in [-0.25, -0.2) is 14.4 Å². The van der Waals surface area contributed by atoms with E-state index in [2.05, 4.69) is 25.9 Å². The van der Waals surface area contributed by atoms with Crippen LogP contribution in [0.25, 0.3) is 0 Å². The minimum Gasteiger partial charge on any atom is -0.451 e. The predicted octanol–water partition coefficient (Wildman–Crippen LogP) is 3.17. The maximum atomic E-state index is 13.2. The average Bonchev–Trinajstić information content (AvgIpc) is 2.25. The summed E-state index contributed by atoms with van der Waals surface area (Å²) in [6.45, 7) is 0. The molecule has 2 aromatic rings. The quantitative estimate of drug-likeness (QED) is 0.785. The normalized spacial score (nSPS) is 10.0. The van der Waals surface area contributed by atoms with Gasteiger partial charge in [0.15, 0.2) is 22.0 Å². The Morgan fingerprint density at radius 1 is 1.13 bits per heavy atom. The largest absolute Gasteiger partial charge is 0.451 e. The van der Waals surface area contributed by atoms with Crippen LogP contribution in [-0.4, -0.2) is 9.97 Å². The highest BCUT2D eigenvalue weighted by Crippen LogP contribution is 2.22. The van der Waals surface area contributed by atoms with Crippen molar-refractivity contribution in [3.63, 3.8) is 0 Å². The number of rotatable bonds is 2. The second-order valence-corrected chi connectivity index (χ2v) is 3.43. The van der Waals surface area contributed by atoms with Gasteiger partial charge in [0.2, 0.25) is 0 Å². The van der Waals surface area contributed by atoms with E-state index >= 15 is 0 Å². The molecule has 0 aliphatic carbocycles. The Morgan fingerprint density at radius 2 is 1.80 bits per heavy atom. The molecule has 0 amide bonds. The SMILES string of the molecule is Fc1ccccc1Oc1cnc(Br)nc1. The lowest BCUT2D eigenvalue weighted by atomic mass is 10.3. The summed E-state index contributed by atoms with van der Waals surface area (Å²) in [5.74, 6) is 0.132. The summed E-state index contributed by atoms with van der Waals surface area (Å²) in [6.07, 6.45) is 2.92. The van der Waals surface area contributed by atoms with Gasteiger partial charge < -0.3 is 4.74 Å². The van der Waals surface area contributed by atoms with E-state index in [9.17, 15) is 4.39 Å². The molecule has 1 aromatic carbocycles. The van der Waals surface area contributed by atoms with Crippen molar-refractivity contribution in [1.82, 2.24) is 9.97 Å². The third-order valence-electron chi connectivity index (χ3n) is 1.66. The van der Waals surface area contributed by atoms with E-state index in [1.807, 2.05) is 0 Å². The van der Waals surface area contributed by atoms with Crippen molar-refractivity contribution in [2.75, 3.05) is 0 Å². The predicted molar refractivity (Wildman–Crippen MR) is 56.2 cm³/mol. The van der Waals surface area contributed by atoms with Crippen LogP contribution in [0.1, 0.15) is 0 Å². The number of para-hydroxylation sites is 1. The molecule has 0 aliphatic heterocycles. The highest BCUT2D eigenvalue weighted by molar-refractivity contribution is 9.10. The maximum Gasteiger partial charge on any atom is 0.196 e. The Bertz CT molecular complexity index is 461. The zero-order chi connectivity index (χ0) is 10.7. The van der Waals surface area contributed by atoms with Crippen molar-refractivity contribution in [1.29, 1.82) is 0 Å². The summed E-state index contributed by atoms with van der Waals surface area (Å²) in [5, 5.41) is 0. The van der Waals surface area contributed by atoms with Gasteiger partial charge in [-0.2, -0.15) is 0 Å². The molecular weight excluding hydrogens is 263 g/mol. The zero-order valence-corrected chi connectivity index (χ0v) is 9.11. The van der Waals surface area contributed by atoms with Crippen molar-refractivity contribution < 1.29 is 9.13 Å². The number of hydrogen-bond donors (Lipinski definition) is 0. The molecule has 5 heteroatoms. The zero-order valence-electron chi connectivity index (χ0n) is 7.52. The molecule has 0 saturated carbocycles. The van der Waals surface area contributed by atoms with Crippen molar-refractivity contribution >= 4 is 15.9 Å². The van der Waals surface area contributed by atoms with Crippen molar-refractivity contribution in [3.05, 3.63) is 47.2 Å². The van der Waals surface area contributed by atoms with Gasteiger partial charge in [-0.1, -0.05) is 12.1 Å². The van der Waals surface area contributed by atoms with Crippen LogP contribution in [0, 0.1) is 5.82 Å². The van der Waals surface area contributed by atoms with Gasteiger partial charge >= 0.3 is 0 Å². The lowest BCUT2D eigenvalue weighted by Crippen LogP contribution is -1.90. The standard InChI is InChI=1S/C10H6BrFN2O/c11-10-13-5-7(6-14-10)15-9-4-2-1-3-8(9)12/h1-6H. The molecule has 0 bridgehead atoms. The van der Waals surface area contributed by atoms with Gasteiger partial charge in [-0.3, -0.25) is 0 Å². The summed E-state index contributed by atoms with van der Waals surface area (Å²) in [6, 6.07) is 6.16. The first-order valence-corrected chi connectivity index (χ1v) is 4.95. The number of benzene rings is 1. The van der Waals surface area contributed by atoms with E-state index in [1.165, 1.54) is 24.5 Å². The number of hydrogen-bond acceptors (Lipinski definition) is 3. The molecule has 0 N–H and O–H groups in total. The first kappa shape index (κ1) is 10.0. The van der Waals surface area contributed by atoms with Gasteiger partial charge in [-0.05, 0) is 28.1 Å². The average molecular weight is 269 g/mol. The number of halogens is 2. The van der Waals surface area contributed by atoms with Crippen LogP contribution in [0.15, 0.2) is 41.4 Å². The van der Waals surface area contributed by atoms with E-state index in [1.54, 1.807) is 12.1 Å². The first-order chi connectivity index (χ1) is 7.25. The summed E-state index contributed by atoms with van der Waals surface area (Å²) >= 11 is 3.09. The van der Waals surface area contributed by atoms with E-state index < -0.39 is 5.82 Å². The molecule has 0 atom stereocenters. The summed E-state index contributed by atoms with van der Waals surface area (Å²) < 4.78 is 18.9. The van der Waals surface area contributed by atoms with E-state index in [0.717, 1.165) is 0 Å². The summed E-state index contributed by atoms with van der Waals surface area (Å²) in [4.78, 5) is 7.73. The van der Waals surface area contributed by atoms with Crippen LogP contribution in [0.2, 0.25) is 0 Å². The van der Waals surface area contributed by atoms with Crippen LogP contribution in [0.5, 0.6) is 11.5 Å². The molecule has 0 fully saturated rings. The van der Waals surface area contributed by atoms with Crippen LogP contribution < -0.4 is 4.74 Å². The Kier molecular flexibility index (Phi) is 2.91. The fourth-order valence-corrected chi connectivity index (χ4v) is 1.21. The Balaban J connectivity index is 2.22. The number of ether oxygens (including phenoxy) is 1. The third kappa shape index (κ3) is 2.50. The Hall–Kier alpha value is -1.49. The Labute approximate surface area is 94.1 Å². The molecule has 0 unspecified atom stereocenters. The number of nitrogens with zero attached hydrogens (tertiary/aromatic N) is 2. The molecule has 1 aromatic heterocycles. The molecular formula is C10H6BrFN2O. The van der Waals surface area contributed by atoms with Crippen molar-refractivity contribution in [2.24, 2.45) is 0 Å². The van der Waals surface area contributed by atoms with Crippen LogP contribution in [0.3, 0.4) is 0 Å². The van der Waals surface area contributed by atoms with Gasteiger partial charge in [0.25, 0.3) is 0 Å². The van der Waals surface area contributed by atoms with E-state index in [4.69, 9.17) is 4.74 Å². The molecule has 1 heterocycles. The maximum absolute atomic E-state index is 13.2.